The molecule has 0 amide bonds. The number of hydrogen-bond acceptors (Lipinski definition) is 2. The number of rotatable bonds is 11. The molecule has 0 bridgehead atoms. The van der Waals surface area contributed by atoms with Crippen molar-refractivity contribution >= 4 is 5.97 Å². The molecule has 1 atom stereocenters. The summed E-state index contributed by atoms with van der Waals surface area (Å²) in [6, 6.07) is 0. The maximum absolute atomic E-state index is 10.8. The quantitative estimate of drug-likeness (QED) is 0.357. The molecule has 0 saturated carbocycles. The van der Waals surface area contributed by atoms with Crippen LogP contribution in [0.2, 0.25) is 0 Å². The lowest BCUT2D eigenvalue weighted by atomic mass is 10.1. The number of carbonyl (C=O) groups is 1. The molecule has 0 aliphatic carbocycles. The van der Waals surface area contributed by atoms with Crippen molar-refractivity contribution < 1.29 is 19.1 Å². The Morgan fingerprint density at radius 3 is 2.47 bits per heavy atom. The van der Waals surface area contributed by atoms with Gasteiger partial charge in [-0.25, -0.2) is 0 Å². The maximum atomic E-state index is 10.8. The molecule has 0 rings (SSSR count). The van der Waals surface area contributed by atoms with E-state index in [9.17, 15) is 4.79 Å². The van der Waals surface area contributed by atoms with Crippen molar-refractivity contribution in [3.05, 3.63) is 12.3 Å². The summed E-state index contributed by atoms with van der Waals surface area (Å²) < 4.78 is 6.26. The minimum Gasteiger partial charge on any atom is -0.492 e. The van der Waals surface area contributed by atoms with Gasteiger partial charge in [0, 0.05) is 0 Å². The average molecular weight is 272 g/mol. The Kier molecular flexibility index (Phi) is 9.31. The van der Waals surface area contributed by atoms with Crippen LogP contribution in [0.5, 0.6) is 0 Å². The Balaban J connectivity index is 3.97. The second-order valence-corrected chi connectivity index (χ2v) is 6.05. The largest absolute Gasteiger partial charge is 0.492 e. The number of hydrogen-bond donors (Lipinski definition) is 1. The molecule has 0 saturated heterocycles. The summed E-state index contributed by atoms with van der Waals surface area (Å²) in [7, 11) is 6.10. The molecule has 0 radical (unpaired) electrons. The van der Waals surface area contributed by atoms with Crippen molar-refractivity contribution in [3.63, 3.8) is 0 Å². The van der Waals surface area contributed by atoms with Crippen molar-refractivity contribution in [2.24, 2.45) is 0 Å². The summed E-state index contributed by atoms with van der Waals surface area (Å²) in [6.45, 7) is 2.88. The fraction of sp³-hybridized carbons (Fsp3) is 0.800. The van der Waals surface area contributed by atoms with Gasteiger partial charge in [0.1, 0.15) is 6.54 Å². The fourth-order valence-corrected chi connectivity index (χ4v) is 1.89. The van der Waals surface area contributed by atoms with Crippen LogP contribution < -0.4 is 0 Å². The first-order valence-electron chi connectivity index (χ1n) is 7.18. The monoisotopic (exact) mass is 272 g/mol. The summed E-state index contributed by atoms with van der Waals surface area (Å²) in [4.78, 5) is 10.8. The van der Waals surface area contributed by atoms with Crippen LogP contribution in [-0.4, -0.2) is 49.4 Å². The molecular formula is C15H30NO3+. The molecule has 0 spiro atoms. The first kappa shape index (κ1) is 18.0. The molecule has 0 heterocycles. The summed E-state index contributed by atoms with van der Waals surface area (Å²) in [5.74, 6) is -0.810. The lowest BCUT2D eigenvalue weighted by molar-refractivity contribution is -0.873. The standard InChI is InChI=1S/C15H29NO3/c1-5-6-7-8-9-10-11-19-14(12-15(17)18)13-16(2,3)4/h10-11,14H,5-9,12-13H2,1-4H3/p+1/t14-/m1/s1. The summed E-state index contributed by atoms with van der Waals surface area (Å²) in [5.41, 5.74) is 0. The predicted octanol–water partition coefficient (Wildman–Crippen LogP) is 3.04. The summed E-state index contributed by atoms with van der Waals surface area (Å²) >= 11 is 0. The summed E-state index contributed by atoms with van der Waals surface area (Å²) in [6.07, 6.45) is 9.41. The molecule has 1 N–H and O–H groups in total. The molecule has 4 nitrogen and oxygen atoms in total. The van der Waals surface area contributed by atoms with Gasteiger partial charge in [-0.2, -0.15) is 0 Å². The number of ether oxygens (including phenoxy) is 1. The molecule has 0 aliphatic rings. The van der Waals surface area contributed by atoms with E-state index in [1.54, 1.807) is 6.26 Å². The Morgan fingerprint density at radius 2 is 1.95 bits per heavy atom. The van der Waals surface area contributed by atoms with Crippen LogP contribution in [0.4, 0.5) is 0 Å². The molecule has 0 aromatic rings. The number of nitrogens with zero attached hydrogens (tertiary/aromatic N) is 1. The molecule has 0 aromatic heterocycles. The predicted molar refractivity (Wildman–Crippen MR) is 77.9 cm³/mol. The molecule has 0 aromatic carbocycles. The van der Waals surface area contributed by atoms with Gasteiger partial charge in [-0.1, -0.05) is 26.2 Å². The van der Waals surface area contributed by atoms with Crippen LogP contribution in [0, 0.1) is 0 Å². The minimum atomic E-state index is -0.810. The maximum Gasteiger partial charge on any atom is 0.307 e. The van der Waals surface area contributed by atoms with Gasteiger partial charge in [-0.15, -0.1) is 0 Å². The van der Waals surface area contributed by atoms with Gasteiger partial charge in [-0.3, -0.25) is 4.79 Å². The van der Waals surface area contributed by atoms with E-state index in [4.69, 9.17) is 9.84 Å². The molecule has 4 heteroatoms. The fourth-order valence-electron chi connectivity index (χ4n) is 1.89. The van der Waals surface area contributed by atoms with Crippen molar-refractivity contribution in [3.8, 4) is 0 Å². The van der Waals surface area contributed by atoms with Crippen LogP contribution in [0.3, 0.4) is 0 Å². The Hall–Kier alpha value is -1.03. The normalized spacial score (nSPS) is 13.7. The highest BCUT2D eigenvalue weighted by Crippen LogP contribution is 2.07. The molecule has 112 valence electrons. The Bertz CT molecular complexity index is 269. The van der Waals surface area contributed by atoms with E-state index in [0.29, 0.717) is 11.0 Å². The van der Waals surface area contributed by atoms with E-state index in [1.165, 1.54) is 25.7 Å². The highest BCUT2D eigenvalue weighted by Gasteiger charge is 2.21. The van der Waals surface area contributed by atoms with Crippen molar-refractivity contribution in [2.45, 2.75) is 51.6 Å². The van der Waals surface area contributed by atoms with Crippen molar-refractivity contribution in [1.29, 1.82) is 0 Å². The molecule has 0 unspecified atom stereocenters. The molecule has 0 aliphatic heterocycles. The zero-order chi connectivity index (χ0) is 14.7. The number of aliphatic carboxylic acids is 1. The second-order valence-electron chi connectivity index (χ2n) is 6.05. The van der Waals surface area contributed by atoms with E-state index in [2.05, 4.69) is 6.92 Å². The number of likely N-dealkylation sites (N-methyl/N-ethyl adjacent to an activating group) is 1. The smallest absolute Gasteiger partial charge is 0.307 e. The van der Waals surface area contributed by atoms with Crippen molar-refractivity contribution in [1.82, 2.24) is 0 Å². The molecule has 0 fully saturated rings. The number of unbranched alkanes of at least 4 members (excludes halogenated alkanes) is 4. The van der Waals surface area contributed by atoms with Crippen molar-refractivity contribution in [2.75, 3.05) is 27.7 Å². The summed E-state index contributed by atoms with van der Waals surface area (Å²) in [5, 5.41) is 8.87. The van der Waals surface area contributed by atoms with Crippen LogP contribution in [-0.2, 0) is 9.53 Å². The number of carboxylic acid groups (broad SMARTS) is 1. The number of carboxylic acids is 1. The van der Waals surface area contributed by atoms with Crippen LogP contribution >= 0.6 is 0 Å². The van der Waals surface area contributed by atoms with Gasteiger partial charge in [0.05, 0.1) is 33.8 Å². The van der Waals surface area contributed by atoms with Gasteiger partial charge < -0.3 is 14.3 Å². The van der Waals surface area contributed by atoms with Crippen LogP contribution in [0.25, 0.3) is 0 Å². The van der Waals surface area contributed by atoms with Gasteiger partial charge in [0.25, 0.3) is 0 Å². The number of allylic oxidation sites excluding steroid dienone is 1. The Morgan fingerprint density at radius 1 is 1.26 bits per heavy atom. The van der Waals surface area contributed by atoms with Gasteiger partial charge in [0.2, 0.25) is 0 Å². The third kappa shape index (κ3) is 13.2. The van der Waals surface area contributed by atoms with E-state index >= 15 is 0 Å². The zero-order valence-electron chi connectivity index (χ0n) is 12.9. The van der Waals surface area contributed by atoms with E-state index < -0.39 is 5.97 Å². The SMILES string of the molecule is CCCCCCC=CO[C@H](CC(=O)O)C[N+](C)(C)C. The first-order chi connectivity index (χ1) is 8.85. The Labute approximate surface area is 117 Å². The second kappa shape index (κ2) is 9.84. The highest BCUT2D eigenvalue weighted by molar-refractivity contribution is 5.67. The van der Waals surface area contributed by atoms with Gasteiger partial charge in [0.15, 0.2) is 6.10 Å². The molecule has 19 heavy (non-hydrogen) atoms. The zero-order valence-corrected chi connectivity index (χ0v) is 12.9. The first-order valence-corrected chi connectivity index (χ1v) is 7.18. The highest BCUT2D eigenvalue weighted by atomic mass is 16.5. The van der Waals surface area contributed by atoms with E-state index in [0.717, 1.165) is 6.42 Å². The number of quaternary nitrogens is 1. The molecular weight excluding hydrogens is 242 g/mol. The third-order valence-corrected chi connectivity index (χ3v) is 2.75. The lowest BCUT2D eigenvalue weighted by Crippen LogP contribution is -2.42. The lowest BCUT2D eigenvalue weighted by Gasteiger charge is -2.28. The topological polar surface area (TPSA) is 46.5 Å². The van der Waals surface area contributed by atoms with E-state index in [-0.39, 0.29) is 12.5 Å². The average Bonchev–Trinajstić information content (AvgIpc) is 2.24. The third-order valence-electron chi connectivity index (χ3n) is 2.75. The van der Waals surface area contributed by atoms with Gasteiger partial charge >= 0.3 is 5.97 Å². The minimum absolute atomic E-state index is 0.0513. The van der Waals surface area contributed by atoms with E-state index in [1.807, 2.05) is 27.2 Å². The van der Waals surface area contributed by atoms with Crippen LogP contribution in [0.1, 0.15) is 45.4 Å². The van der Waals surface area contributed by atoms with Gasteiger partial charge in [-0.05, 0) is 18.9 Å². The van der Waals surface area contributed by atoms with Crippen LogP contribution in [0.15, 0.2) is 12.3 Å².